The second-order valence-corrected chi connectivity index (χ2v) is 2.87. The summed E-state index contributed by atoms with van der Waals surface area (Å²) >= 11 is 0. The van der Waals surface area contributed by atoms with Crippen molar-refractivity contribution in [3.8, 4) is 0 Å². The molecule has 0 aromatic rings. The number of rotatable bonds is 3. The Kier molecular flexibility index (Phi) is 4.87. The Bertz CT molecular complexity index is 174. The molecule has 0 bridgehead atoms. The highest BCUT2D eigenvalue weighted by atomic mass is 16.5. The molecule has 1 atom stereocenters. The molecule has 0 aromatic heterocycles. The maximum absolute atomic E-state index is 11.1. The fourth-order valence-electron chi connectivity index (χ4n) is 0.970. The molecule has 0 aromatic carbocycles. The first-order valence-electron chi connectivity index (χ1n) is 4.03. The lowest BCUT2D eigenvalue weighted by atomic mass is 10.1. The molecule has 1 unspecified atom stereocenters. The van der Waals surface area contributed by atoms with Gasteiger partial charge in [-0.15, -0.1) is 0 Å². The molecule has 2 amide bonds. The van der Waals surface area contributed by atoms with E-state index in [1.807, 2.05) is 0 Å². The molecule has 0 fully saturated rings. The van der Waals surface area contributed by atoms with Crippen LogP contribution in [0.25, 0.3) is 0 Å². The SMILES string of the molecule is CNC(=O)C(C)CN(C)C(=O)OC. The first-order valence-corrected chi connectivity index (χ1v) is 4.03. The van der Waals surface area contributed by atoms with E-state index in [0.717, 1.165) is 0 Å². The fourth-order valence-corrected chi connectivity index (χ4v) is 0.970. The maximum atomic E-state index is 11.1. The van der Waals surface area contributed by atoms with Gasteiger partial charge in [-0.3, -0.25) is 4.79 Å². The van der Waals surface area contributed by atoms with Crippen molar-refractivity contribution in [2.75, 3.05) is 27.7 Å². The summed E-state index contributed by atoms with van der Waals surface area (Å²) in [6, 6.07) is 0. The number of amides is 2. The second kappa shape index (κ2) is 5.40. The third-order valence-electron chi connectivity index (χ3n) is 1.73. The molecule has 0 saturated heterocycles. The van der Waals surface area contributed by atoms with Crippen LogP contribution in [0.2, 0.25) is 0 Å². The molecule has 1 N–H and O–H groups in total. The number of hydrogen-bond donors (Lipinski definition) is 1. The highest BCUT2D eigenvalue weighted by molar-refractivity contribution is 5.78. The molecule has 76 valence electrons. The number of ether oxygens (including phenoxy) is 1. The van der Waals surface area contributed by atoms with Gasteiger partial charge in [-0.1, -0.05) is 6.92 Å². The molecular weight excluding hydrogens is 172 g/mol. The van der Waals surface area contributed by atoms with Crippen LogP contribution in [0.5, 0.6) is 0 Å². The first-order chi connectivity index (χ1) is 6.02. The van der Waals surface area contributed by atoms with Gasteiger partial charge in [-0.25, -0.2) is 4.79 Å². The van der Waals surface area contributed by atoms with E-state index < -0.39 is 6.09 Å². The predicted molar refractivity (Wildman–Crippen MR) is 48.3 cm³/mol. The lowest BCUT2D eigenvalue weighted by Crippen LogP contribution is -2.37. The van der Waals surface area contributed by atoms with Gasteiger partial charge < -0.3 is 15.0 Å². The molecular formula is C8H16N2O3. The Morgan fingerprint density at radius 2 is 2.08 bits per heavy atom. The minimum atomic E-state index is -0.434. The summed E-state index contributed by atoms with van der Waals surface area (Å²) in [5.41, 5.74) is 0. The van der Waals surface area contributed by atoms with E-state index in [1.165, 1.54) is 12.0 Å². The Labute approximate surface area is 78.0 Å². The largest absolute Gasteiger partial charge is 0.453 e. The molecule has 0 aliphatic carbocycles. The van der Waals surface area contributed by atoms with E-state index >= 15 is 0 Å². The van der Waals surface area contributed by atoms with Crippen molar-refractivity contribution in [2.24, 2.45) is 5.92 Å². The monoisotopic (exact) mass is 188 g/mol. The summed E-state index contributed by atoms with van der Waals surface area (Å²) < 4.78 is 4.48. The first kappa shape index (κ1) is 11.7. The predicted octanol–water partition coefficient (Wildman–Crippen LogP) is 0.0667. The van der Waals surface area contributed by atoms with Crippen molar-refractivity contribution in [2.45, 2.75) is 6.92 Å². The normalized spacial score (nSPS) is 11.7. The third-order valence-corrected chi connectivity index (χ3v) is 1.73. The summed E-state index contributed by atoms with van der Waals surface area (Å²) in [6.07, 6.45) is -0.434. The van der Waals surface area contributed by atoms with Crippen LogP contribution >= 0.6 is 0 Å². The minimum Gasteiger partial charge on any atom is -0.453 e. The summed E-state index contributed by atoms with van der Waals surface area (Å²) in [7, 11) is 4.46. The van der Waals surface area contributed by atoms with Crippen molar-refractivity contribution in [1.29, 1.82) is 0 Å². The van der Waals surface area contributed by atoms with E-state index in [2.05, 4.69) is 10.1 Å². The highest BCUT2D eigenvalue weighted by Gasteiger charge is 2.16. The van der Waals surface area contributed by atoms with Gasteiger partial charge in [-0.2, -0.15) is 0 Å². The van der Waals surface area contributed by atoms with Crippen molar-refractivity contribution in [3.05, 3.63) is 0 Å². The number of carbonyl (C=O) groups is 2. The lowest BCUT2D eigenvalue weighted by molar-refractivity contribution is -0.124. The van der Waals surface area contributed by atoms with Crippen molar-refractivity contribution < 1.29 is 14.3 Å². The van der Waals surface area contributed by atoms with Crippen LogP contribution in [0.1, 0.15) is 6.92 Å². The summed E-state index contributed by atoms with van der Waals surface area (Å²) in [5, 5.41) is 2.51. The summed E-state index contributed by atoms with van der Waals surface area (Å²) in [4.78, 5) is 23.4. The van der Waals surface area contributed by atoms with E-state index in [4.69, 9.17) is 0 Å². The summed E-state index contributed by atoms with van der Waals surface area (Å²) in [5.74, 6) is -0.315. The van der Waals surface area contributed by atoms with E-state index in [9.17, 15) is 9.59 Å². The Balaban J connectivity index is 3.98. The van der Waals surface area contributed by atoms with Crippen LogP contribution in [0.4, 0.5) is 4.79 Å². The molecule has 0 spiro atoms. The number of hydrogen-bond acceptors (Lipinski definition) is 3. The smallest absolute Gasteiger partial charge is 0.409 e. The van der Waals surface area contributed by atoms with Crippen LogP contribution in [-0.4, -0.2) is 44.7 Å². The highest BCUT2D eigenvalue weighted by Crippen LogP contribution is 1.99. The van der Waals surface area contributed by atoms with Crippen LogP contribution < -0.4 is 5.32 Å². The topological polar surface area (TPSA) is 58.6 Å². The van der Waals surface area contributed by atoms with E-state index in [1.54, 1.807) is 21.0 Å². The Morgan fingerprint density at radius 1 is 1.54 bits per heavy atom. The van der Waals surface area contributed by atoms with Crippen molar-refractivity contribution in [3.63, 3.8) is 0 Å². The molecule has 5 nitrogen and oxygen atoms in total. The van der Waals surface area contributed by atoms with Gasteiger partial charge in [0, 0.05) is 20.6 Å². The molecule has 13 heavy (non-hydrogen) atoms. The maximum Gasteiger partial charge on any atom is 0.409 e. The lowest BCUT2D eigenvalue weighted by Gasteiger charge is -2.18. The van der Waals surface area contributed by atoms with Gasteiger partial charge in [0.1, 0.15) is 0 Å². The van der Waals surface area contributed by atoms with E-state index in [-0.39, 0.29) is 11.8 Å². The van der Waals surface area contributed by atoms with Crippen LogP contribution in [0, 0.1) is 5.92 Å². The second-order valence-electron chi connectivity index (χ2n) is 2.87. The molecule has 0 aliphatic heterocycles. The number of nitrogens with zero attached hydrogens (tertiary/aromatic N) is 1. The van der Waals surface area contributed by atoms with Gasteiger partial charge in [-0.05, 0) is 0 Å². The minimum absolute atomic E-state index is 0.0873. The average molecular weight is 188 g/mol. The van der Waals surface area contributed by atoms with Gasteiger partial charge in [0.05, 0.1) is 13.0 Å². The molecule has 0 heterocycles. The van der Waals surface area contributed by atoms with Gasteiger partial charge in [0.2, 0.25) is 5.91 Å². The van der Waals surface area contributed by atoms with Crippen molar-refractivity contribution >= 4 is 12.0 Å². The van der Waals surface area contributed by atoms with E-state index in [0.29, 0.717) is 6.54 Å². The molecule has 0 aliphatic rings. The molecule has 0 rings (SSSR count). The number of nitrogens with one attached hydrogen (secondary N) is 1. The van der Waals surface area contributed by atoms with Crippen LogP contribution in [0.3, 0.4) is 0 Å². The van der Waals surface area contributed by atoms with Gasteiger partial charge in [0.25, 0.3) is 0 Å². The number of methoxy groups -OCH3 is 1. The van der Waals surface area contributed by atoms with Crippen molar-refractivity contribution in [1.82, 2.24) is 10.2 Å². The van der Waals surface area contributed by atoms with Crippen LogP contribution in [-0.2, 0) is 9.53 Å². The van der Waals surface area contributed by atoms with Crippen LogP contribution in [0.15, 0.2) is 0 Å². The van der Waals surface area contributed by atoms with Gasteiger partial charge in [0.15, 0.2) is 0 Å². The zero-order chi connectivity index (χ0) is 10.4. The van der Waals surface area contributed by atoms with Gasteiger partial charge >= 0.3 is 6.09 Å². The molecule has 0 saturated carbocycles. The number of carbonyl (C=O) groups excluding carboxylic acids is 2. The Morgan fingerprint density at radius 3 is 2.46 bits per heavy atom. The Hall–Kier alpha value is -1.26. The quantitative estimate of drug-likeness (QED) is 0.681. The average Bonchev–Trinajstić information content (AvgIpc) is 2.14. The zero-order valence-electron chi connectivity index (χ0n) is 8.46. The standard InChI is InChI=1S/C8H16N2O3/c1-6(7(11)9-2)5-10(3)8(12)13-4/h6H,5H2,1-4H3,(H,9,11). The third kappa shape index (κ3) is 3.78. The fraction of sp³-hybridized carbons (Fsp3) is 0.750. The molecule has 5 heteroatoms. The summed E-state index contributed by atoms with van der Waals surface area (Å²) in [6.45, 7) is 2.10. The molecule has 0 radical (unpaired) electrons. The zero-order valence-corrected chi connectivity index (χ0v) is 8.46.